The lowest BCUT2D eigenvalue weighted by Crippen LogP contribution is -2.45. The van der Waals surface area contributed by atoms with Crippen molar-refractivity contribution in [1.29, 1.82) is 0 Å². The van der Waals surface area contributed by atoms with E-state index in [2.05, 4.69) is 16.0 Å². The maximum atomic E-state index is 13.3. The average Bonchev–Trinajstić information content (AvgIpc) is 2.71. The first-order valence-corrected chi connectivity index (χ1v) is 9.75. The zero-order valence-electron chi connectivity index (χ0n) is 17.6. The van der Waals surface area contributed by atoms with Gasteiger partial charge in [-0.05, 0) is 49.8 Å². The summed E-state index contributed by atoms with van der Waals surface area (Å²) in [5, 5.41) is 9.61. The smallest absolute Gasteiger partial charge is 0.255 e. The van der Waals surface area contributed by atoms with E-state index in [4.69, 9.17) is 26.4 Å². The van der Waals surface area contributed by atoms with Crippen LogP contribution in [0.15, 0.2) is 47.7 Å². The fraction of sp³-hybridized carbons (Fsp3) is 0.273. The topological polar surface area (TPSA) is 80.9 Å². The highest BCUT2D eigenvalue weighted by molar-refractivity contribution is 7.80. The standard InChI is InChI=1S/C22H25N3O4S/c1-12-7-6-8-14(9-12)24-21(26)19-13(2)23-22(30)25-20(19)15-10-17(28-4)18(29-5)11-16(15)27-3/h6-11,20H,1-5H3,(H,24,26)(H2,23,25,30). The van der Waals surface area contributed by atoms with E-state index in [1.165, 1.54) is 0 Å². The monoisotopic (exact) mass is 427 g/mol. The second-order valence-corrected chi connectivity index (χ2v) is 7.25. The van der Waals surface area contributed by atoms with Crippen LogP contribution in [-0.2, 0) is 4.79 Å². The molecule has 7 nitrogen and oxygen atoms in total. The van der Waals surface area contributed by atoms with Crippen molar-refractivity contribution in [1.82, 2.24) is 10.6 Å². The highest BCUT2D eigenvalue weighted by Crippen LogP contribution is 2.40. The number of hydrogen-bond acceptors (Lipinski definition) is 5. The quantitative estimate of drug-likeness (QED) is 0.609. The number of benzene rings is 2. The predicted molar refractivity (Wildman–Crippen MR) is 120 cm³/mol. The number of thiocarbonyl (C=S) groups is 1. The highest BCUT2D eigenvalue weighted by atomic mass is 32.1. The van der Waals surface area contributed by atoms with Crippen molar-refractivity contribution in [3.8, 4) is 17.2 Å². The van der Waals surface area contributed by atoms with Gasteiger partial charge in [-0.15, -0.1) is 0 Å². The molecule has 3 rings (SSSR count). The molecule has 2 aromatic carbocycles. The summed E-state index contributed by atoms with van der Waals surface area (Å²) in [6.07, 6.45) is 0. The van der Waals surface area contributed by atoms with Gasteiger partial charge in [0.25, 0.3) is 5.91 Å². The van der Waals surface area contributed by atoms with E-state index in [0.717, 1.165) is 5.56 Å². The van der Waals surface area contributed by atoms with Crippen LogP contribution in [-0.4, -0.2) is 32.3 Å². The van der Waals surface area contributed by atoms with Gasteiger partial charge >= 0.3 is 0 Å². The van der Waals surface area contributed by atoms with Crippen LogP contribution in [0.1, 0.15) is 24.1 Å². The number of amides is 1. The first-order valence-electron chi connectivity index (χ1n) is 9.34. The number of aryl methyl sites for hydroxylation is 1. The Morgan fingerprint density at radius 1 is 1.00 bits per heavy atom. The number of allylic oxidation sites excluding steroid dienone is 1. The Bertz CT molecular complexity index is 1020. The average molecular weight is 428 g/mol. The number of carbonyl (C=O) groups excluding carboxylic acids is 1. The predicted octanol–water partition coefficient (Wildman–Crippen LogP) is 3.45. The zero-order chi connectivity index (χ0) is 21.8. The largest absolute Gasteiger partial charge is 0.496 e. The molecule has 2 aromatic rings. The molecule has 1 unspecified atom stereocenters. The lowest BCUT2D eigenvalue weighted by atomic mass is 9.93. The number of hydrogen-bond donors (Lipinski definition) is 3. The molecule has 0 spiro atoms. The van der Waals surface area contributed by atoms with E-state index < -0.39 is 6.04 Å². The molecule has 1 aliphatic rings. The summed E-state index contributed by atoms with van der Waals surface area (Å²) in [5.74, 6) is 1.35. The molecule has 0 aliphatic carbocycles. The third-order valence-corrected chi connectivity index (χ3v) is 5.06. The maximum absolute atomic E-state index is 13.3. The van der Waals surface area contributed by atoms with Crippen molar-refractivity contribution in [3.63, 3.8) is 0 Å². The molecule has 1 amide bonds. The number of rotatable bonds is 6. The van der Waals surface area contributed by atoms with Gasteiger partial charge in [-0.1, -0.05) is 12.1 Å². The first kappa shape index (κ1) is 21.4. The normalized spacial score (nSPS) is 15.8. The number of anilines is 1. The van der Waals surface area contributed by atoms with E-state index in [1.807, 2.05) is 38.1 Å². The molecule has 158 valence electrons. The Morgan fingerprint density at radius 2 is 1.67 bits per heavy atom. The molecule has 1 heterocycles. The fourth-order valence-corrected chi connectivity index (χ4v) is 3.70. The van der Waals surface area contributed by atoms with Crippen molar-refractivity contribution in [3.05, 3.63) is 58.8 Å². The van der Waals surface area contributed by atoms with Crippen LogP contribution in [0.3, 0.4) is 0 Å². The van der Waals surface area contributed by atoms with E-state index in [9.17, 15) is 4.79 Å². The Hall–Kier alpha value is -3.26. The van der Waals surface area contributed by atoms with Gasteiger partial charge in [-0.2, -0.15) is 0 Å². The van der Waals surface area contributed by atoms with Gasteiger partial charge in [0.15, 0.2) is 16.6 Å². The summed E-state index contributed by atoms with van der Waals surface area (Å²) >= 11 is 5.35. The molecule has 1 atom stereocenters. The molecular formula is C22H25N3O4S. The lowest BCUT2D eigenvalue weighted by Gasteiger charge is -2.31. The first-order chi connectivity index (χ1) is 14.4. The molecule has 0 radical (unpaired) electrons. The molecule has 30 heavy (non-hydrogen) atoms. The van der Waals surface area contributed by atoms with Crippen molar-refractivity contribution in [2.75, 3.05) is 26.6 Å². The minimum absolute atomic E-state index is 0.248. The second-order valence-electron chi connectivity index (χ2n) is 6.84. The van der Waals surface area contributed by atoms with Gasteiger partial charge in [-0.3, -0.25) is 4.79 Å². The van der Waals surface area contributed by atoms with Gasteiger partial charge < -0.3 is 30.2 Å². The molecule has 0 aromatic heterocycles. The van der Waals surface area contributed by atoms with Crippen molar-refractivity contribution in [2.45, 2.75) is 19.9 Å². The van der Waals surface area contributed by atoms with Crippen molar-refractivity contribution < 1.29 is 19.0 Å². The molecular weight excluding hydrogens is 402 g/mol. The molecule has 0 saturated carbocycles. The maximum Gasteiger partial charge on any atom is 0.255 e. The molecule has 3 N–H and O–H groups in total. The number of ether oxygens (including phenoxy) is 3. The Kier molecular flexibility index (Phi) is 6.47. The summed E-state index contributed by atoms with van der Waals surface area (Å²) in [6, 6.07) is 10.6. The van der Waals surface area contributed by atoms with Crippen LogP contribution >= 0.6 is 12.2 Å². The summed E-state index contributed by atoms with van der Waals surface area (Å²) in [7, 11) is 4.67. The molecule has 0 fully saturated rings. The van der Waals surface area contributed by atoms with Crippen molar-refractivity contribution >= 4 is 28.9 Å². The minimum Gasteiger partial charge on any atom is -0.496 e. The third-order valence-electron chi connectivity index (χ3n) is 4.84. The Balaban J connectivity index is 2.07. The van der Waals surface area contributed by atoms with Crippen LogP contribution in [0.4, 0.5) is 5.69 Å². The van der Waals surface area contributed by atoms with Gasteiger partial charge in [0.05, 0.1) is 32.9 Å². The SMILES string of the molecule is COc1cc(OC)c(C2NC(=S)NC(C)=C2C(=O)Nc2cccc(C)c2)cc1OC. The summed E-state index contributed by atoms with van der Waals surface area (Å²) in [6.45, 7) is 3.79. The summed E-state index contributed by atoms with van der Waals surface area (Å²) in [4.78, 5) is 13.3. The third kappa shape index (κ3) is 4.33. The molecule has 1 aliphatic heterocycles. The second kappa shape index (κ2) is 9.04. The highest BCUT2D eigenvalue weighted by Gasteiger charge is 2.33. The minimum atomic E-state index is -0.543. The van der Waals surface area contributed by atoms with Gasteiger partial charge in [0, 0.05) is 23.0 Å². The van der Waals surface area contributed by atoms with Crippen LogP contribution in [0, 0.1) is 6.92 Å². The molecule has 8 heteroatoms. The Morgan fingerprint density at radius 3 is 2.30 bits per heavy atom. The van der Waals surface area contributed by atoms with E-state index in [1.54, 1.807) is 33.5 Å². The van der Waals surface area contributed by atoms with Crippen molar-refractivity contribution in [2.24, 2.45) is 0 Å². The Labute approximate surface area is 181 Å². The van der Waals surface area contributed by atoms with E-state index in [-0.39, 0.29) is 5.91 Å². The summed E-state index contributed by atoms with van der Waals surface area (Å²) < 4.78 is 16.4. The lowest BCUT2D eigenvalue weighted by molar-refractivity contribution is -0.113. The number of nitrogens with one attached hydrogen (secondary N) is 3. The molecule has 0 saturated heterocycles. The van der Waals surface area contributed by atoms with Gasteiger partial charge in [0.1, 0.15) is 5.75 Å². The van der Waals surface area contributed by atoms with E-state index >= 15 is 0 Å². The van der Waals surface area contributed by atoms with Gasteiger partial charge in [-0.25, -0.2) is 0 Å². The number of methoxy groups -OCH3 is 3. The number of carbonyl (C=O) groups is 1. The summed E-state index contributed by atoms with van der Waals surface area (Å²) in [5.41, 5.74) is 3.62. The van der Waals surface area contributed by atoms with Crippen LogP contribution in [0.5, 0.6) is 17.2 Å². The van der Waals surface area contributed by atoms with E-state index in [0.29, 0.717) is 44.9 Å². The zero-order valence-corrected chi connectivity index (χ0v) is 18.4. The fourth-order valence-electron chi connectivity index (χ4n) is 3.43. The van der Waals surface area contributed by atoms with Crippen LogP contribution in [0.25, 0.3) is 0 Å². The van der Waals surface area contributed by atoms with Crippen LogP contribution in [0.2, 0.25) is 0 Å². The van der Waals surface area contributed by atoms with Crippen LogP contribution < -0.4 is 30.2 Å². The molecule has 0 bridgehead atoms. The van der Waals surface area contributed by atoms with Gasteiger partial charge in [0.2, 0.25) is 0 Å².